The second-order valence-electron chi connectivity index (χ2n) is 5.36. The second kappa shape index (κ2) is 6.69. The Kier molecular flexibility index (Phi) is 5.54. The molecule has 0 N–H and O–H groups in total. The predicted molar refractivity (Wildman–Crippen MR) is 76.9 cm³/mol. The first-order valence-electron chi connectivity index (χ1n) is 6.71. The van der Waals surface area contributed by atoms with Crippen molar-refractivity contribution in [2.45, 2.75) is 45.6 Å². The van der Waals surface area contributed by atoms with Crippen molar-refractivity contribution >= 4 is 5.78 Å². The lowest BCUT2D eigenvalue weighted by molar-refractivity contribution is -0.118. The monoisotopic (exact) mass is 247 g/mol. The molecule has 0 saturated carbocycles. The van der Waals surface area contributed by atoms with Crippen molar-refractivity contribution in [1.82, 2.24) is 4.90 Å². The molecule has 0 spiro atoms. The minimum absolute atomic E-state index is 0.188. The number of carbonyl (C=O) groups excluding carboxylic acids is 1. The number of benzene rings is 1. The van der Waals surface area contributed by atoms with Crippen LogP contribution < -0.4 is 0 Å². The lowest BCUT2D eigenvalue weighted by Crippen LogP contribution is -2.22. The minimum atomic E-state index is 0.188. The molecule has 0 amide bonds. The van der Waals surface area contributed by atoms with Crippen LogP contribution in [0.3, 0.4) is 0 Å². The van der Waals surface area contributed by atoms with Gasteiger partial charge in [0.25, 0.3) is 0 Å². The van der Waals surface area contributed by atoms with Crippen LogP contribution in [0.1, 0.15) is 56.7 Å². The Hall–Kier alpha value is -1.15. The maximum atomic E-state index is 11.3. The summed E-state index contributed by atoms with van der Waals surface area (Å²) in [6.07, 6.45) is 1.74. The van der Waals surface area contributed by atoms with Gasteiger partial charge in [0.1, 0.15) is 5.78 Å². The highest BCUT2D eigenvalue weighted by atomic mass is 16.1. The molecule has 1 aromatic rings. The summed E-state index contributed by atoms with van der Waals surface area (Å²) in [5.41, 5.74) is 2.60. The van der Waals surface area contributed by atoms with Gasteiger partial charge in [-0.25, -0.2) is 0 Å². The van der Waals surface area contributed by atoms with Gasteiger partial charge in [0, 0.05) is 12.5 Å². The molecule has 0 heterocycles. The van der Waals surface area contributed by atoms with Crippen LogP contribution >= 0.6 is 0 Å². The van der Waals surface area contributed by atoms with E-state index in [2.05, 4.69) is 43.0 Å². The molecule has 2 atom stereocenters. The zero-order chi connectivity index (χ0) is 13.7. The summed E-state index contributed by atoms with van der Waals surface area (Å²) < 4.78 is 0. The van der Waals surface area contributed by atoms with E-state index >= 15 is 0 Å². The van der Waals surface area contributed by atoms with Crippen molar-refractivity contribution < 1.29 is 4.79 Å². The summed E-state index contributed by atoms with van der Waals surface area (Å²) in [6.45, 7) is 6.11. The summed E-state index contributed by atoms with van der Waals surface area (Å²) in [4.78, 5) is 13.4. The van der Waals surface area contributed by atoms with Crippen LogP contribution in [0, 0.1) is 0 Å². The van der Waals surface area contributed by atoms with Crippen molar-refractivity contribution in [1.29, 1.82) is 0 Å². The maximum Gasteiger partial charge on any atom is 0.131 e. The van der Waals surface area contributed by atoms with Gasteiger partial charge in [0.05, 0.1) is 0 Å². The van der Waals surface area contributed by atoms with Gasteiger partial charge < -0.3 is 4.90 Å². The molecule has 18 heavy (non-hydrogen) atoms. The van der Waals surface area contributed by atoms with Crippen LogP contribution in [-0.2, 0) is 4.79 Å². The standard InChI is InChI=1S/C16H25NO/c1-6-12(2)14-7-9-15(10-8-14)16(17(4)5)11-13(3)18/h7-10,12,16H,6,11H2,1-5H3. The Morgan fingerprint density at radius 3 is 2.06 bits per heavy atom. The number of hydrogen-bond donors (Lipinski definition) is 0. The average Bonchev–Trinajstić information content (AvgIpc) is 2.34. The second-order valence-corrected chi connectivity index (χ2v) is 5.36. The number of nitrogens with zero attached hydrogens (tertiary/aromatic N) is 1. The van der Waals surface area contributed by atoms with Gasteiger partial charge in [-0.15, -0.1) is 0 Å². The SMILES string of the molecule is CCC(C)c1ccc(C(CC(C)=O)N(C)C)cc1. The maximum absolute atomic E-state index is 11.3. The third-order valence-electron chi connectivity index (χ3n) is 3.61. The zero-order valence-corrected chi connectivity index (χ0v) is 12.2. The molecule has 0 aliphatic heterocycles. The van der Waals surface area contributed by atoms with Crippen molar-refractivity contribution in [3.8, 4) is 0 Å². The molecular weight excluding hydrogens is 222 g/mol. The fourth-order valence-corrected chi connectivity index (χ4v) is 2.15. The fourth-order valence-electron chi connectivity index (χ4n) is 2.15. The van der Waals surface area contributed by atoms with E-state index in [0.717, 1.165) is 6.42 Å². The molecule has 0 aliphatic rings. The van der Waals surface area contributed by atoms with Gasteiger partial charge in [0.2, 0.25) is 0 Å². The molecule has 2 unspecified atom stereocenters. The highest BCUT2D eigenvalue weighted by molar-refractivity contribution is 5.76. The van der Waals surface area contributed by atoms with E-state index in [-0.39, 0.29) is 11.8 Å². The zero-order valence-electron chi connectivity index (χ0n) is 12.2. The Bertz CT molecular complexity index is 381. The van der Waals surface area contributed by atoms with Crippen molar-refractivity contribution in [2.24, 2.45) is 0 Å². The van der Waals surface area contributed by atoms with E-state index in [9.17, 15) is 4.79 Å². The highest BCUT2D eigenvalue weighted by Gasteiger charge is 2.16. The molecule has 2 heteroatoms. The first-order valence-corrected chi connectivity index (χ1v) is 6.71. The van der Waals surface area contributed by atoms with Gasteiger partial charge in [0.15, 0.2) is 0 Å². The molecule has 100 valence electrons. The van der Waals surface area contributed by atoms with Gasteiger partial charge in [-0.1, -0.05) is 38.1 Å². The normalized spacial score (nSPS) is 14.6. The Balaban J connectivity index is 2.90. The van der Waals surface area contributed by atoms with Crippen molar-refractivity contribution in [3.63, 3.8) is 0 Å². The van der Waals surface area contributed by atoms with Crippen LogP contribution in [-0.4, -0.2) is 24.8 Å². The molecule has 0 aromatic heterocycles. The molecule has 0 bridgehead atoms. The van der Waals surface area contributed by atoms with Crippen LogP contribution in [0.2, 0.25) is 0 Å². The summed E-state index contributed by atoms with van der Waals surface area (Å²) >= 11 is 0. The summed E-state index contributed by atoms with van der Waals surface area (Å²) in [7, 11) is 4.05. The summed E-state index contributed by atoms with van der Waals surface area (Å²) in [6, 6.07) is 8.90. The van der Waals surface area contributed by atoms with Gasteiger partial charge in [-0.3, -0.25) is 4.79 Å². The van der Waals surface area contributed by atoms with E-state index in [1.165, 1.54) is 11.1 Å². The molecule has 0 fully saturated rings. The number of Topliss-reactive ketones (excluding diaryl/α,β-unsaturated/α-hetero) is 1. The lowest BCUT2D eigenvalue weighted by atomic mass is 9.94. The molecule has 2 nitrogen and oxygen atoms in total. The molecule has 1 aromatic carbocycles. The third kappa shape index (κ3) is 3.95. The van der Waals surface area contributed by atoms with Crippen LogP contribution in [0.25, 0.3) is 0 Å². The fraction of sp³-hybridized carbons (Fsp3) is 0.562. The lowest BCUT2D eigenvalue weighted by Gasteiger charge is -2.24. The number of hydrogen-bond acceptors (Lipinski definition) is 2. The number of carbonyl (C=O) groups is 1. The van der Waals surface area contributed by atoms with E-state index in [4.69, 9.17) is 0 Å². The molecule has 0 aliphatic carbocycles. The van der Waals surface area contributed by atoms with Crippen molar-refractivity contribution in [2.75, 3.05) is 14.1 Å². The quantitative estimate of drug-likeness (QED) is 0.762. The van der Waals surface area contributed by atoms with Gasteiger partial charge in [-0.05, 0) is 44.5 Å². The smallest absolute Gasteiger partial charge is 0.131 e. The average molecular weight is 247 g/mol. The van der Waals surface area contributed by atoms with Gasteiger partial charge in [-0.2, -0.15) is 0 Å². The van der Waals surface area contributed by atoms with Crippen LogP contribution in [0.4, 0.5) is 0 Å². The topological polar surface area (TPSA) is 20.3 Å². The van der Waals surface area contributed by atoms with Crippen LogP contribution in [0.15, 0.2) is 24.3 Å². The number of ketones is 1. The summed E-state index contributed by atoms with van der Waals surface area (Å²) in [5, 5.41) is 0. The Morgan fingerprint density at radius 1 is 1.17 bits per heavy atom. The largest absolute Gasteiger partial charge is 0.302 e. The minimum Gasteiger partial charge on any atom is -0.302 e. The first-order chi connectivity index (χ1) is 8.45. The number of rotatable bonds is 6. The third-order valence-corrected chi connectivity index (χ3v) is 3.61. The predicted octanol–water partition coefficient (Wildman–Crippen LogP) is 3.78. The van der Waals surface area contributed by atoms with E-state index in [0.29, 0.717) is 12.3 Å². The molecule has 1 rings (SSSR count). The summed E-state index contributed by atoms with van der Waals surface area (Å²) in [5.74, 6) is 0.837. The highest BCUT2D eigenvalue weighted by Crippen LogP contribution is 2.25. The van der Waals surface area contributed by atoms with Gasteiger partial charge >= 0.3 is 0 Å². The van der Waals surface area contributed by atoms with Crippen molar-refractivity contribution in [3.05, 3.63) is 35.4 Å². The molecular formula is C16H25NO. The van der Waals surface area contributed by atoms with E-state index in [1.54, 1.807) is 6.92 Å². The van der Waals surface area contributed by atoms with E-state index < -0.39 is 0 Å². The van der Waals surface area contributed by atoms with E-state index in [1.807, 2.05) is 14.1 Å². The Morgan fingerprint density at radius 2 is 1.67 bits per heavy atom. The first kappa shape index (κ1) is 14.9. The molecule has 0 radical (unpaired) electrons. The Labute approximate surface area is 111 Å². The van der Waals surface area contributed by atoms with Crippen LogP contribution in [0.5, 0.6) is 0 Å². The molecule has 0 saturated heterocycles.